The first-order valence-corrected chi connectivity index (χ1v) is 5.30. The first-order valence-electron chi connectivity index (χ1n) is 5.30. The van der Waals surface area contributed by atoms with Gasteiger partial charge in [0.1, 0.15) is 0 Å². The maximum absolute atomic E-state index is 11.2. The summed E-state index contributed by atoms with van der Waals surface area (Å²) in [6.45, 7) is 8.18. The van der Waals surface area contributed by atoms with E-state index in [0.29, 0.717) is 6.04 Å². The highest BCUT2D eigenvalue weighted by molar-refractivity contribution is 5.79. The SMILES string of the molecule is CNC(=O)C1CN(CCNC(C)C)C1. The fourth-order valence-electron chi connectivity index (χ4n) is 1.63. The quantitative estimate of drug-likeness (QED) is 0.637. The second-order valence-corrected chi connectivity index (χ2v) is 4.18. The Morgan fingerprint density at radius 1 is 1.50 bits per heavy atom. The van der Waals surface area contributed by atoms with Crippen LogP contribution in [-0.4, -0.2) is 50.1 Å². The Bertz CT molecular complexity index is 188. The van der Waals surface area contributed by atoms with Gasteiger partial charge >= 0.3 is 0 Å². The third-order valence-electron chi connectivity index (χ3n) is 2.55. The summed E-state index contributed by atoms with van der Waals surface area (Å²) in [4.78, 5) is 13.5. The van der Waals surface area contributed by atoms with E-state index in [2.05, 4.69) is 29.4 Å². The molecule has 0 saturated carbocycles. The van der Waals surface area contributed by atoms with Crippen molar-refractivity contribution in [3.8, 4) is 0 Å². The molecule has 0 unspecified atom stereocenters. The van der Waals surface area contributed by atoms with Crippen LogP contribution < -0.4 is 10.6 Å². The van der Waals surface area contributed by atoms with E-state index in [9.17, 15) is 4.79 Å². The van der Waals surface area contributed by atoms with Crippen molar-refractivity contribution in [2.45, 2.75) is 19.9 Å². The Labute approximate surface area is 86.0 Å². The van der Waals surface area contributed by atoms with Crippen molar-refractivity contribution in [3.05, 3.63) is 0 Å². The number of hydrogen-bond acceptors (Lipinski definition) is 3. The lowest BCUT2D eigenvalue weighted by Gasteiger charge is -2.38. The van der Waals surface area contributed by atoms with Crippen molar-refractivity contribution in [1.82, 2.24) is 15.5 Å². The van der Waals surface area contributed by atoms with Crippen LogP contribution in [0.15, 0.2) is 0 Å². The Morgan fingerprint density at radius 3 is 2.64 bits per heavy atom. The summed E-state index contributed by atoms with van der Waals surface area (Å²) in [6, 6.07) is 0.547. The van der Waals surface area contributed by atoms with Gasteiger partial charge < -0.3 is 15.5 Å². The highest BCUT2D eigenvalue weighted by atomic mass is 16.1. The third kappa shape index (κ3) is 3.27. The number of amides is 1. The summed E-state index contributed by atoms with van der Waals surface area (Å²) in [5, 5.41) is 6.04. The number of rotatable bonds is 5. The van der Waals surface area contributed by atoms with Crippen LogP contribution in [0.1, 0.15) is 13.8 Å². The zero-order valence-electron chi connectivity index (χ0n) is 9.34. The molecular formula is C10H21N3O. The second-order valence-electron chi connectivity index (χ2n) is 4.18. The van der Waals surface area contributed by atoms with Gasteiger partial charge in [-0.2, -0.15) is 0 Å². The van der Waals surface area contributed by atoms with E-state index < -0.39 is 0 Å². The van der Waals surface area contributed by atoms with Gasteiger partial charge in [-0.25, -0.2) is 0 Å². The molecule has 0 aliphatic carbocycles. The summed E-state index contributed by atoms with van der Waals surface area (Å²) >= 11 is 0. The average Bonchev–Trinajstić information content (AvgIpc) is 2.07. The van der Waals surface area contributed by atoms with E-state index in [0.717, 1.165) is 26.2 Å². The van der Waals surface area contributed by atoms with Crippen molar-refractivity contribution in [1.29, 1.82) is 0 Å². The van der Waals surface area contributed by atoms with Crippen LogP contribution in [-0.2, 0) is 4.79 Å². The topological polar surface area (TPSA) is 44.4 Å². The lowest BCUT2D eigenvalue weighted by Crippen LogP contribution is -2.54. The van der Waals surface area contributed by atoms with Gasteiger partial charge in [0, 0.05) is 39.3 Å². The summed E-state index contributed by atoms with van der Waals surface area (Å²) < 4.78 is 0. The molecule has 4 heteroatoms. The predicted octanol–water partition coefficient (Wildman–Crippen LogP) is -0.338. The summed E-state index contributed by atoms with van der Waals surface area (Å²) in [5.74, 6) is 0.400. The van der Waals surface area contributed by atoms with E-state index >= 15 is 0 Å². The van der Waals surface area contributed by atoms with Crippen molar-refractivity contribution in [2.75, 3.05) is 33.2 Å². The molecule has 0 radical (unpaired) electrons. The van der Waals surface area contributed by atoms with Gasteiger partial charge in [0.2, 0.25) is 5.91 Å². The molecule has 14 heavy (non-hydrogen) atoms. The second kappa shape index (κ2) is 5.32. The Hall–Kier alpha value is -0.610. The molecule has 1 aliphatic heterocycles. The number of nitrogens with zero attached hydrogens (tertiary/aromatic N) is 1. The molecule has 1 heterocycles. The molecule has 0 bridgehead atoms. The molecule has 1 aliphatic rings. The Kier molecular flexibility index (Phi) is 4.35. The number of carbonyl (C=O) groups excluding carboxylic acids is 1. The molecule has 0 aromatic heterocycles. The highest BCUT2D eigenvalue weighted by Gasteiger charge is 2.31. The van der Waals surface area contributed by atoms with E-state index in [-0.39, 0.29) is 11.8 Å². The van der Waals surface area contributed by atoms with Crippen LogP contribution in [0.3, 0.4) is 0 Å². The molecule has 4 nitrogen and oxygen atoms in total. The van der Waals surface area contributed by atoms with Crippen LogP contribution >= 0.6 is 0 Å². The molecule has 2 N–H and O–H groups in total. The van der Waals surface area contributed by atoms with E-state index in [1.807, 2.05) is 0 Å². The van der Waals surface area contributed by atoms with E-state index in [4.69, 9.17) is 0 Å². The van der Waals surface area contributed by atoms with Gasteiger partial charge in [-0.3, -0.25) is 4.79 Å². The van der Waals surface area contributed by atoms with Crippen LogP contribution in [0.25, 0.3) is 0 Å². The largest absolute Gasteiger partial charge is 0.359 e. The zero-order chi connectivity index (χ0) is 10.6. The Balaban J connectivity index is 2.02. The smallest absolute Gasteiger partial charge is 0.225 e. The van der Waals surface area contributed by atoms with Crippen LogP contribution in [0.2, 0.25) is 0 Å². The molecule has 1 fully saturated rings. The summed E-state index contributed by atoms with van der Waals surface area (Å²) in [6.07, 6.45) is 0. The van der Waals surface area contributed by atoms with Gasteiger partial charge in [-0.15, -0.1) is 0 Å². The first-order chi connectivity index (χ1) is 6.63. The maximum atomic E-state index is 11.2. The molecule has 0 aromatic rings. The van der Waals surface area contributed by atoms with Gasteiger partial charge in [0.25, 0.3) is 0 Å². The van der Waals surface area contributed by atoms with Crippen LogP contribution in [0, 0.1) is 5.92 Å². The third-order valence-corrected chi connectivity index (χ3v) is 2.55. The van der Waals surface area contributed by atoms with Gasteiger partial charge in [0.05, 0.1) is 5.92 Å². The van der Waals surface area contributed by atoms with E-state index in [1.165, 1.54) is 0 Å². The molecule has 0 spiro atoms. The monoisotopic (exact) mass is 199 g/mol. The molecule has 0 atom stereocenters. The number of hydrogen-bond donors (Lipinski definition) is 2. The molecular weight excluding hydrogens is 178 g/mol. The first kappa shape index (κ1) is 11.5. The summed E-state index contributed by atoms with van der Waals surface area (Å²) in [5.41, 5.74) is 0. The molecule has 82 valence electrons. The van der Waals surface area contributed by atoms with Crippen LogP contribution in [0.4, 0.5) is 0 Å². The van der Waals surface area contributed by atoms with Crippen molar-refractivity contribution >= 4 is 5.91 Å². The average molecular weight is 199 g/mol. The lowest BCUT2D eigenvalue weighted by molar-refractivity contribution is -0.129. The van der Waals surface area contributed by atoms with Gasteiger partial charge in [0.15, 0.2) is 0 Å². The number of nitrogens with one attached hydrogen (secondary N) is 2. The minimum absolute atomic E-state index is 0.179. The lowest BCUT2D eigenvalue weighted by atomic mass is 9.99. The molecule has 1 rings (SSSR count). The summed E-state index contributed by atoms with van der Waals surface area (Å²) in [7, 11) is 1.70. The molecule has 1 saturated heterocycles. The number of likely N-dealkylation sites (tertiary alicyclic amines) is 1. The fraction of sp³-hybridized carbons (Fsp3) is 0.900. The highest BCUT2D eigenvalue weighted by Crippen LogP contribution is 2.14. The van der Waals surface area contributed by atoms with Gasteiger partial charge in [-0.05, 0) is 0 Å². The zero-order valence-corrected chi connectivity index (χ0v) is 9.34. The fourth-order valence-corrected chi connectivity index (χ4v) is 1.63. The molecule has 1 amide bonds. The maximum Gasteiger partial charge on any atom is 0.225 e. The standard InChI is InChI=1S/C10H21N3O/c1-8(2)12-4-5-13-6-9(7-13)10(14)11-3/h8-9,12H,4-7H2,1-3H3,(H,11,14). The van der Waals surface area contributed by atoms with Crippen molar-refractivity contribution in [3.63, 3.8) is 0 Å². The van der Waals surface area contributed by atoms with Crippen molar-refractivity contribution < 1.29 is 4.79 Å². The van der Waals surface area contributed by atoms with Crippen molar-refractivity contribution in [2.24, 2.45) is 5.92 Å². The van der Waals surface area contributed by atoms with Crippen LogP contribution in [0.5, 0.6) is 0 Å². The minimum atomic E-state index is 0.179. The van der Waals surface area contributed by atoms with E-state index in [1.54, 1.807) is 7.05 Å². The normalized spacial score (nSPS) is 18.3. The number of carbonyl (C=O) groups is 1. The minimum Gasteiger partial charge on any atom is -0.359 e. The van der Waals surface area contributed by atoms with Gasteiger partial charge in [-0.1, -0.05) is 13.8 Å². The predicted molar refractivity (Wildman–Crippen MR) is 57.1 cm³/mol. The molecule has 0 aromatic carbocycles. The Morgan fingerprint density at radius 2 is 2.14 bits per heavy atom.